The maximum absolute atomic E-state index is 12.2. The van der Waals surface area contributed by atoms with Crippen LogP contribution < -0.4 is 5.73 Å². The average molecular weight is 249 g/mol. The molecule has 0 radical (unpaired) electrons. The molecule has 0 bridgehead atoms. The predicted octanol–water partition coefficient (Wildman–Crippen LogP) is 0.457. The van der Waals surface area contributed by atoms with Gasteiger partial charge in [0.15, 0.2) is 5.69 Å². The third-order valence-electron chi connectivity index (χ3n) is 3.26. The molecule has 6 nitrogen and oxygen atoms in total. The van der Waals surface area contributed by atoms with Gasteiger partial charge in [-0.05, 0) is 18.1 Å². The van der Waals surface area contributed by atoms with E-state index < -0.39 is 11.9 Å². The van der Waals surface area contributed by atoms with Crippen LogP contribution in [0.2, 0.25) is 0 Å². The van der Waals surface area contributed by atoms with Crippen LogP contribution in [0.15, 0.2) is 18.3 Å². The van der Waals surface area contributed by atoms with E-state index in [1.54, 1.807) is 12.1 Å². The van der Waals surface area contributed by atoms with Crippen LogP contribution in [-0.2, 0) is 4.79 Å². The number of nitrogens with two attached hydrogens (primary N) is 1. The first-order valence-electron chi connectivity index (χ1n) is 5.73. The summed E-state index contributed by atoms with van der Waals surface area (Å²) in [6, 6.07) is 3.26. The SMILES string of the molecule is C[C@@H]1CN(C(=O)c2ncccc2N)C[C@H]1C(=O)O. The lowest BCUT2D eigenvalue weighted by Crippen LogP contribution is -2.31. The Morgan fingerprint density at radius 1 is 1.50 bits per heavy atom. The summed E-state index contributed by atoms with van der Waals surface area (Å²) in [6.45, 7) is 2.46. The molecule has 1 aliphatic heterocycles. The molecule has 0 aromatic carbocycles. The molecule has 1 aliphatic rings. The first-order valence-corrected chi connectivity index (χ1v) is 5.73. The van der Waals surface area contributed by atoms with Crippen LogP contribution in [-0.4, -0.2) is 40.0 Å². The van der Waals surface area contributed by atoms with Crippen molar-refractivity contribution >= 4 is 17.6 Å². The number of hydrogen-bond donors (Lipinski definition) is 2. The second-order valence-corrected chi connectivity index (χ2v) is 4.57. The standard InChI is InChI=1S/C12H15N3O3/c1-7-5-15(6-8(7)12(17)18)11(16)10-9(13)3-2-4-14-10/h2-4,7-8H,5-6,13H2,1H3,(H,17,18)/t7-,8-/m1/s1. The molecule has 96 valence electrons. The summed E-state index contributed by atoms with van der Waals surface area (Å²) in [6.07, 6.45) is 1.50. The molecule has 18 heavy (non-hydrogen) atoms. The molecule has 1 aromatic heterocycles. The van der Waals surface area contributed by atoms with Crippen molar-refractivity contribution in [3.63, 3.8) is 0 Å². The van der Waals surface area contributed by atoms with Crippen molar-refractivity contribution < 1.29 is 14.7 Å². The van der Waals surface area contributed by atoms with Crippen molar-refractivity contribution in [2.45, 2.75) is 6.92 Å². The van der Waals surface area contributed by atoms with Crippen molar-refractivity contribution in [2.75, 3.05) is 18.8 Å². The van der Waals surface area contributed by atoms with Crippen LogP contribution in [0.1, 0.15) is 17.4 Å². The van der Waals surface area contributed by atoms with E-state index in [0.29, 0.717) is 12.2 Å². The molecule has 1 saturated heterocycles. The minimum Gasteiger partial charge on any atom is -0.481 e. The van der Waals surface area contributed by atoms with Gasteiger partial charge in [-0.25, -0.2) is 4.98 Å². The molecule has 6 heteroatoms. The van der Waals surface area contributed by atoms with Crippen LogP contribution in [0, 0.1) is 11.8 Å². The number of carbonyl (C=O) groups excluding carboxylic acids is 1. The number of rotatable bonds is 2. The van der Waals surface area contributed by atoms with Crippen LogP contribution in [0.3, 0.4) is 0 Å². The third-order valence-corrected chi connectivity index (χ3v) is 3.26. The highest BCUT2D eigenvalue weighted by Gasteiger charge is 2.37. The van der Waals surface area contributed by atoms with Crippen molar-refractivity contribution in [1.82, 2.24) is 9.88 Å². The van der Waals surface area contributed by atoms with Gasteiger partial charge in [0, 0.05) is 19.3 Å². The second-order valence-electron chi connectivity index (χ2n) is 4.57. The minimum atomic E-state index is -0.869. The van der Waals surface area contributed by atoms with Gasteiger partial charge in [-0.1, -0.05) is 6.92 Å². The van der Waals surface area contributed by atoms with Crippen molar-refractivity contribution in [2.24, 2.45) is 11.8 Å². The number of aliphatic carboxylic acids is 1. The van der Waals surface area contributed by atoms with Gasteiger partial charge in [-0.2, -0.15) is 0 Å². The molecule has 0 unspecified atom stereocenters. The Hall–Kier alpha value is -2.11. The van der Waals surface area contributed by atoms with E-state index in [-0.39, 0.29) is 24.1 Å². The number of hydrogen-bond acceptors (Lipinski definition) is 4. The number of likely N-dealkylation sites (tertiary alicyclic amines) is 1. The molecule has 2 heterocycles. The number of carboxylic acids is 1. The Labute approximate surface area is 104 Å². The molecule has 1 fully saturated rings. The van der Waals surface area contributed by atoms with Gasteiger partial charge in [0.25, 0.3) is 5.91 Å². The first-order chi connectivity index (χ1) is 8.50. The Morgan fingerprint density at radius 3 is 2.78 bits per heavy atom. The van der Waals surface area contributed by atoms with Crippen molar-refractivity contribution in [3.05, 3.63) is 24.0 Å². The second kappa shape index (κ2) is 4.64. The fraction of sp³-hybridized carbons (Fsp3) is 0.417. The highest BCUT2D eigenvalue weighted by Crippen LogP contribution is 2.25. The van der Waals surface area contributed by atoms with E-state index in [0.717, 1.165) is 0 Å². The summed E-state index contributed by atoms with van der Waals surface area (Å²) < 4.78 is 0. The van der Waals surface area contributed by atoms with Gasteiger partial charge in [0.1, 0.15) is 0 Å². The fourth-order valence-corrected chi connectivity index (χ4v) is 2.20. The largest absolute Gasteiger partial charge is 0.481 e. The maximum atomic E-state index is 12.2. The van der Waals surface area contributed by atoms with Crippen molar-refractivity contribution in [1.29, 1.82) is 0 Å². The number of aromatic nitrogens is 1. The molecule has 2 rings (SSSR count). The Balaban J connectivity index is 2.17. The Morgan fingerprint density at radius 2 is 2.22 bits per heavy atom. The number of carboxylic acid groups (broad SMARTS) is 1. The highest BCUT2D eigenvalue weighted by atomic mass is 16.4. The fourth-order valence-electron chi connectivity index (χ4n) is 2.20. The number of amides is 1. The summed E-state index contributed by atoms with van der Waals surface area (Å²) >= 11 is 0. The molecular formula is C12H15N3O3. The van der Waals surface area contributed by atoms with Gasteiger partial charge in [0.2, 0.25) is 0 Å². The highest BCUT2D eigenvalue weighted by molar-refractivity contribution is 5.97. The lowest BCUT2D eigenvalue weighted by Gasteiger charge is -2.16. The molecule has 2 atom stereocenters. The number of pyridine rings is 1. The Kier molecular flexibility index (Phi) is 3.18. The molecular weight excluding hydrogens is 234 g/mol. The molecule has 0 aliphatic carbocycles. The van der Waals surface area contributed by atoms with E-state index in [4.69, 9.17) is 10.8 Å². The minimum absolute atomic E-state index is 0.0589. The zero-order valence-corrected chi connectivity index (χ0v) is 10.0. The Bertz CT molecular complexity index is 489. The summed E-state index contributed by atoms with van der Waals surface area (Å²) in [4.78, 5) is 28.6. The molecule has 3 N–H and O–H groups in total. The maximum Gasteiger partial charge on any atom is 0.308 e. The van der Waals surface area contributed by atoms with Gasteiger partial charge < -0.3 is 15.7 Å². The zero-order valence-electron chi connectivity index (χ0n) is 10.0. The van der Waals surface area contributed by atoms with Crippen LogP contribution >= 0.6 is 0 Å². The third kappa shape index (κ3) is 2.13. The summed E-state index contributed by atoms with van der Waals surface area (Å²) in [5.41, 5.74) is 6.20. The van der Waals surface area contributed by atoms with Crippen LogP contribution in [0.25, 0.3) is 0 Å². The normalized spacial score (nSPS) is 23.1. The quantitative estimate of drug-likeness (QED) is 0.793. The topological polar surface area (TPSA) is 96.5 Å². The summed E-state index contributed by atoms with van der Waals surface area (Å²) in [7, 11) is 0. The lowest BCUT2D eigenvalue weighted by atomic mass is 9.99. The van der Waals surface area contributed by atoms with Gasteiger partial charge >= 0.3 is 5.97 Å². The monoisotopic (exact) mass is 249 g/mol. The van der Waals surface area contributed by atoms with Gasteiger partial charge in [0.05, 0.1) is 11.6 Å². The van der Waals surface area contributed by atoms with E-state index in [2.05, 4.69) is 4.98 Å². The van der Waals surface area contributed by atoms with E-state index in [1.807, 2.05) is 6.92 Å². The average Bonchev–Trinajstić information content (AvgIpc) is 2.71. The number of anilines is 1. The molecule has 0 spiro atoms. The molecule has 1 aromatic rings. The van der Waals surface area contributed by atoms with Crippen LogP contribution in [0.5, 0.6) is 0 Å². The number of nitrogens with zero attached hydrogens (tertiary/aromatic N) is 2. The predicted molar refractivity (Wildman–Crippen MR) is 64.8 cm³/mol. The van der Waals surface area contributed by atoms with Crippen molar-refractivity contribution in [3.8, 4) is 0 Å². The van der Waals surface area contributed by atoms with Crippen LogP contribution in [0.4, 0.5) is 5.69 Å². The number of nitrogen functional groups attached to an aromatic ring is 1. The van der Waals surface area contributed by atoms with Gasteiger partial charge in [-0.15, -0.1) is 0 Å². The lowest BCUT2D eigenvalue weighted by molar-refractivity contribution is -0.142. The number of carbonyl (C=O) groups is 2. The van der Waals surface area contributed by atoms with E-state index in [9.17, 15) is 9.59 Å². The van der Waals surface area contributed by atoms with E-state index in [1.165, 1.54) is 11.1 Å². The summed E-state index contributed by atoms with van der Waals surface area (Å²) in [5.74, 6) is -1.74. The first kappa shape index (κ1) is 12.3. The molecule has 1 amide bonds. The smallest absolute Gasteiger partial charge is 0.308 e. The van der Waals surface area contributed by atoms with Gasteiger partial charge in [-0.3, -0.25) is 9.59 Å². The van der Waals surface area contributed by atoms with E-state index >= 15 is 0 Å². The molecule has 0 saturated carbocycles. The summed E-state index contributed by atoms with van der Waals surface area (Å²) in [5, 5.41) is 9.03. The zero-order chi connectivity index (χ0) is 13.3.